The molecule has 6 heteroatoms. The zero-order chi connectivity index (χ0) is 18.4. The Morgan fingerprint density at radius 2 is 1.92 bits per heavy atom. The van der Waals surface area contributed by atoms with Crippen LogP contribution in [0.2, 0.25) is 0 Å². The molecule has 0 unspecified atom stereocenters. The molecule has 0 saturated heterocycles. The summed E-state index contributed by atoms with van der Waals surface area (Å²) in [6.45, 7) is 7.15. The van der Waals surface area contributed by atoms with Crippen molar-refractivity contribution in [2.24, 2.45) is 0 Å². The molecule has 138 valence electrons. The van der Waals surface area contributed by atoms with Crippen LogP contribution in [0.3, 0.4) is 0 Å². The lowest BCUT2D eigenvalue weighted by Gasteiger charge is -2.25. The Kier molecular flexibility index (Phi) is 5.84. The van der Waals surface area contributed by atoms with Gasteiger partial charge in [0, 0.05) is 31.9 Å². The molecule has 1 aliphatic heterocycles. The number of carbonyl (C=O) groups is 1. The third-order valence-electron chi connectivity index (χ3n) is 4.40. The van der Waals surface area contributed by atoms with Crippen LogP contribution in [0.5, 0.6) is 11.5 Å². The van der Waals surface area contributed by atoms with Crippen molar-refractivity contribution < 1.29 is 14.3 Å². The summed E-state index contributed by atoms with van der Waals surface area (Å²) in [4.78, 5) is 14.3. The van der Waals surface area contributed by atoms with Crippen LogP contribution in [-0.2, 0) is 6.54 Å². The van der Waals surface area contributed by atoms with Crippen LogP contribution < -0.4 is 25.0 Å². The van der Waals surface area contributed by atoms with Crippen LogP contribution in [0.15, 0.2) is 42.5 Å². The maximum atomic E-state index is 12.0. The van der Waals surface area contributed by atoms with Gasteiger partial charge in [0.1, 0.15) is 0 Å². The molecule has 2 amide bonds. The lowest BCUT2D eigenvalue weighted by atomic mass is 10.2. The predicted molar refractivity (Wildman–Crippen MR) is 102 cm³/mol. The number of hydrogen-bond donors (Lipinski definition) is 2. The van der Waals surface area contributed by atoms with Gasteiger partial charge in [0.2, 0.25) is 6.79 Å². The number of benzene rings is 2. The fourth-order valence-corrected chi connectivity index (χ4v) is 2.97. The molecule has 0 aliphatic carbocycles. The highest BCUT2D eigenvalue weighted by Crippen LogP contribution is 2.32. The van der Waals surface area contributed by atoms with Crippen molar-refractivity contribution in [3.63, 3.8) is 0 Å². The average molecular weight is 355 g/mol. The monoisotopic (exact) mass is 355 g/mol. The maximum Gasteiger partial charge on any atom is 0.315 e. The summed E-state index contributed by atoms with van der Waals surface area (Å²) in [7, 11) is 0. The number of aryl methyl sites for hydroxylation is 1. The van der Waals surface area contributed by atoms with Gasteiger partial charge in [-0.25, -0.2) is 4.79 Å². The van der Waals surface area contributed by atoms with Crippen LogP contribution in [0.1, 0.15) is 18.1 Å². The molecule has 2 N–H and O–H groups in total. The molecule has 2 aromatic carbocycles. The summed E-state index contributed by atoms with van der Waals surface area (Å²) >= 11 is 0. The van der Waals surface area contributed by atoms with E-state index in [0.29, 0.717) is 13.1 Å². The summed E-state index contributed by atoms with van der Waals surface area (Å²) < 4.78 is 10.6. The molecule has 0 fully saturated rings. The zero-order valence-corrected chi connectivity index (χ0v) is 15.2. The highest BCUT2D eigenvalue weighted by atomic mass is 16.7. The van der Waals surface area contributed by atoms with Crippen LogP contribution in [-0.4, -0.2) is 32.5 Å². The normalized spacial score (nSPS) is 11.9. The molecule has 3 rings (SSSR count). The van der Waals surface area contributed by atoms with Crippen LogP contribution in [0, 0.1) is 6.92 Å². The van der Waals surface area contributed by atoms with Crippen molar-refractivity contribution >= 4 is 11.7 Å². The Labute approximate surface area is 154 Å². The first-order chi connectivity index (χ1) is 12.7. The number of nitrogens with zero attached hydrogens (tertiary/aromatic N) is 1. The standard InChI is InChI=1S/C20H25N3O3/c1-3-23(17-7-5-4-6-15(17)2)11-10-21-20(24)22-13-16-8-9-18-19(12-16)26-14-25-18/h4-9,12H,3,10-11,13-14H2,1-2H3,(H2,21,22,24). The van der Waals surface area contributed by atoms with Gasteiger partial charge < -0.3 is 25.0 Å². The van der Waals surface area contributed by atoms with Crippen molar-refractivity contribution in [2.75, 3.05) is 31.3 Å². The second-order valence-electron chi connectivity index (χ2n) is 6.16. The minimum atomic E-state index is -0.177. The number of urea groups is 1. The van der Waals surface area contributed by atoms with Crippen molar-refractivity contribution in [1.82, 2.24) is 10.6 Å². The van der Waals surface area contributed by atoms with Gasteiger partial charge in [-0.05, 0) is 43.2 Å². The number of amides is 2. The van der Waals surface area contributed by atoms with E-state index < -0.39 is 0 Å². The molecular weight excluding hydrogens is 330 g/mol. The van der Waals surface area contributed by atoms with E-state index in [9.17, 15) is 4.79 Å². The molecule has 2 aromatic rings. The fraction of sp³-hybridized carbons (Fsp3) is 0.350. The Morgan fingerprint density at radius 1 is 1.12 bits per heavy atom. The SMILES string of the molecule is CCN(CCNC(=O)NCc1ccc2c(c1)OCO2)c1ccccc1C. The number of hydrogen-bond acceptors (Lipinski definition) is 4. The van der Waals surface area contributed by atoms with Crippen LogP contribution in [0.4, 0.5) is 10.5 Å². The van der Waals surface area contributed by atoms with Crippen LogP contribution in [0.25, 0.3) is 0 Å². The smallest absolute Gasteiger partial charge is 0.315 e. The van der Waals surface area contributed by atoms with E-state index in [1.165, 1.54) is 11.3 Å². The van der Waals surface area contributed by atoms with Crippen molar-refractivity contribution in [3.8, 4) is 11.5 Å². The molecule has 0 atom stereocenters. The minimum absolute atomic E-state index is 0.177. The number of anilines is 1. The summed E-state index contributed by atoms with van der Waals surface area (Å²) in [6, 6.07) is 13.8. The molecule has 6 nitrogen and oxygen atoms in total. The van der Waals surface area contributed by atoms with E-state index in [2.05, 4.69) is 41.5 Å². The summed E-state index contributed by atoms with van der Waals surface area (Å²) in [5, 5.41) is 5.78. The van der Waals surface area contributed by atoms with Gasteiger partial charge in [-0.1, -0.05) is 24.3 Å². The van der Waals surface area contributed by atoms with Crippen molar-refractivity contribution in [2.45, 2.75) is 20.4 Å². The molecule has 0 saturated carbocycles. The number of fused-ring (bicyclic) bond motifs is 1. The minimum Gasteiger partial charge on any atom is -0.454 e. The van der Waals surface area contributed by atoms with Gasteiger partial charge in [0.25, 0.3) is 0 Å². The Balaban J connectivity index is 1.43. The van der Waals surface area contributed by atoms with Crippen molar-refractivity contribution in [1.29, 1.82) is 0 Å². The first-order valence-corrected chi connectivity index (χ1v) is 8.88. The second kappa shape index (κ2) is 8.47. The Bertz CT molecular complexity index is 764. The number of likely N-dealkylation sites (N-methyl/N-ethyl adjacent to an activating group) is 1. The molecule has 1 heterocycles. The summed E-state index contributed by atoms with van der Waals surface area (Å²) in [6.07, 6.45) is 0. The van der Waals surface area contributed by atoms with Gasteiger partial charge in [-0.15, -0.1) is 0 Å². The third kappa shape index (κ3) is 4.39. The lowest BCUT2D eigenvalue weighted by molar-refractivity contribution is 0.174. The number of rotatable bonds is 7. The third-order valence-corrected chi connectivity index (χ3v) is 4.40. The number of para-hydroxylation sites is 1. The first kappa shape index (κ1) is 17.9. The van der Waals surface area contributed by atoms with Gasteiger partial charge in [0.05, 0.1) is 0 Å². The molecule has 0 radical (unpaired) electrons. The topological polar surface area (TPSA) is 62.8 Å². The average Bonchev–Trinajstić information content (AvgIpc) is 3.12. The van der Waals surface area contributed by atoms with Gasteiger partial charge in [-0.3, -0.25) is 0 Å². The Morgan fingerprint density at radius 3 is 2.73 bits per heavy atom. The molecule has 0 aromatic heterocycles. The first-order valence-electron chi connectivity index (χ1n) is 8.88. The van der Waals surface area contributed by atoms with Crippen molar-refractivity contribution in [3.05, 3.63) is 53.6 Å². The molecular formula is C20H25N3O3. The predicted octanol–water partition coefficient (Wildman–Crippen LogP) is 3.05. The highest BCUT2D eigenvalue weighted by Gasteiger charge is 2.13. The lowest BCUT2D eigenvalue weighted by Crippen LogP contribution is -2.40. The summed E-state index contributed by atoms with van der Waals surface area (Å²) in [5.74, 6) is 1.47. The van der Waals surface area contributed by atoms with E-state index in [0.717, 1.165) is 30.2 Å². The van der Waals surface area contributed by atoms with E-state index in [4.69, 9.17) is 9.47 Å². The highest BCUT2D eigenvalue weighted by molar-refractivity contribution is 5.73. The van der Waals surface area contributed by atoms with E-state index >= 15 is 0 Å². The van der Waals surface area contributed by atoms with E-state index in [-0.39, 0.29) is 12.8 Å². The fourth-order valence-electron chi connectivity index (χ4n) is 2.97. The molecule has 1 aliphatic rings. The van der Waals surface area contributed by atoms with Gasteiger partial charge >= 0.3 is 6.03 Å². The summed E-state index contributed by atoms with van der Waals surface area (Å²) in [5.41, 5.74) is 3.42. The Hall–Kier alpha value is -2.89. The van der Waals surface area contributed by atoms with Crippen LogP contribution >= 0.6 is 0 Å². The number of ether oxygens (including phenoxy) is 2. The number of nitrogens with one attached hydrogen (secondary N) is 2. The maximum absolute atomic E-state index is 12.0. The quantitative estimate of drug-likeness (QED) is 0.801. The zero-order valence-electron chi connectivity index (χ0n) is 15.2. The largest absolute Gasteiger partial charge is 0.454 e. The van der Waals surface area contributed by atoms with E-state index in [1.807, 2.05) is 30.3 Å². The van der Waals surface area contributed by atoms with Gasteiger partial charge in [0.15, 0.2) is 11.5 Å². The second-order valence-corrected chi connectivity index (χ2v) is 6.16. The molecule has 0 bridgehead atoms. The molecule has 0 spiro atoms. The van der Waals surface area contributed by atoms with E-state index in [1.54, 1.807) is 0 Å². The van der Waals surface area contributed by atoms with Gasteiger partial charge in [-0.2, -0.15) is 0 Å². The molecule has 26 heavy (non-hydrogen) atoms. The number of carbonyl (C=O) groups excluding carboxylic acids is 1.